The lowest BCUT2D eigenvalue weighted by Crippen LogP contribution is -1.99. The highest BCUT2D eigenvalue weighted by Crippen LogP contribution is 2.27. The van der Waals surface area contributed by atoms with Crippen molar-refractivity contribution in [1.82, 2.24) is 0 Å². The highest BCUT2D eigenvalue weighted by atomic mass is 16.5. The van der Waals surface area contributed by atoms with Crippen LogP contribution in [0, 0.1) is 0 Å². The van der Waals surface area contributed by atoms with Crippen molar-refractivity contribution in [2.45, 2.75) is 6.61 Å². The Morgan fingerprint density at radius 3 is 2.68 bits per heavy atom. The fraction of sp³-hybridized carbons (Fsp3) is 0.105. The van der Waals surface area contributed by atoms with E-state index in [1.54, 1.807) is 7.11 Å². The summed E-state index contributed by atoms with van der Waals surface area (Å²) in [4.78, 5) is 11.5. The summed E-state index contributed by atoms with van der Waals surface area (Å²) < 4.78 is 11.0. The number of carbonyl (C=O) groups is 1. The largest absolute Gasteiger partial charge is 0.497 e. The van der Waals surface area contributed by atoms with Gasteiger partial charge in [-0.15, -0.1) is 0 Å². The highest BCUT2D eigenvalue weighted by molar-refractivity contribution is 6.00. The third-order valence-electron chi connectivity index (χ3n) is 3.58. The van der Waals surface area contributed by atoms with E-state index in [2.05, 4.69) is 0 Å². The summed E-state index contributed by atoms with van der Waals surface area (Å²) >= 11 is 0. The van der Waals surface area contributed by atoms with Gasteiger partial charge in [0.2, 0.25) is 0 Å². The molecule has 22 heavy (non-hydrogen) atoms. The molecule has 0 aliphatic heterocycles. The summed E-state index contributed by atoms with van der Waals surface area (Å²) in [5.41, 5.74) is 1.57. The van der Waals surface area contributed by atoms with Crippen molar-refractivity contribution < 1.29 is 14.3 Å². The second-order valence-electron chi connectivity index (χ2n) is 4.96. The number of rotatable bonds is 5. The minimum atomic E-state index is 0.385. The van der Waals surface area contributed by atoms with E-state index in [-0.39, 0.29) is 0 Å². The zero-order chi connectivity index (χ0) is 15.4. The van der Waals surface area contributed by atoms with Crippen LogP contribution in [0.4, 0.5) is 0 Å². The van der Waals surface area contributed by atoms with Gasteiger partial charge < -0.3 is 9.47 Å². The Hall–Kier alpha value is -2.81. The number of hydrogen-bond donors (Lipinski definition) is 0. The molecule has 3 aromatic carbocycles. The van der Waals surface area contributed by atoms with Crippen LogP contribution < -0.4 is 9.47 Å². The molecule has 0 heterocycles. The average Bonchev–Trinajstić information content (AvgIpc) is 2.59. The lowest BCUT2D eigenvalue weighted by Gasteiger charge is -2.11. The zero-order valence-corrected chi connectivity index (χ0v) is 12.3. The molecule has 3 rings (SSSR count). The van der Waals surface area contributed by atoms with Crippen molar-refractivity contribution in [3.05, 3.63) is 71.8 Å². The summed E-state index contributed by atoms with van der Waals surface area (Å²) in [6.45, 7) is 0.385. The van der Waals surface area contributed by atoms with Crippen molar-refractivity contribution in [2.24, 2.45) is 0 Å². The standard InChI is InChI=1S/C19H16O3/c1-21-16-7-4-5-14(11-16)13-22-19-10-9-15-6-2-3-8-17(15)18(19)12-20/h2-12H,13H2,1H3. The van der Waals surface area contributed by atoms with Gasteiger partial charge in [-0.3, -0.25) is 4.79 Å². The number of benzene rings is 3. The first kappa shape index (κ1) is 14.1. The van der Waals surface area contributed by atoms with Crippen LogP contribution in [0.2, 0.25) is 0 Å². The van der Waals surface area contributed by atoms with Crippen LogP contribution in [-0.2, 0) is 6.61 Å². The molecule has 0 aliphatic carbocycles. The zero-order valence-electron chi connectivity index (χ0n) is 12.3. The molecule has 0 amide bonds. The lowest BCUT2D eigenvalue weighted by molar-refractivity contribution is 0.112. The molecular weight excluding hydrogens is 276 g/mol. The number of fused-ring (bicyclic) bond motifs is 1. The first-order chi connectivity index (χ1) is 10.8. The average molecular weight is 292 g/mol. The van der Waals surface area contributed by atoms with Crippen molar-refractivity contribution in [1.29, 1.82) is 0 Å². The number of ether oxygens (including phenoxy) is 2. The van der Waals surface area contributed by atoms with E-state index in [1.807, 2.05) is 60.7 Å². The molecule has 3 nitrogen and oxygen atoms in total. The van der Waals surface area contributed by atoms with E-state index in [1.165, 1.54) is 0 Å². The molecule has 0 spiro atoms. The summed E-state index contributed by atoms with van der Waals surface area (Å²) in [5, 5.41) is 1.93. The first-order valence-electron chi connectivity index (χ1n) is 7.04. The third-order valence-corrected chi connectivity index (χ3v) is 3.58. The topological polar surface area (TPSA) is 35.5 Å². The number of methoxy groups -OCH3 is 1. The van der Waals surface area contributed by atoms with Crippen LogP contribution in [0.3, 0.4) is 0 Å². The van der Waals surface area contributed by atoms with Crippen molar-refractivity contribution >= 4 is 17.1 Å². The smallest absolute Gasteiger partial charge is 0.154 e. The Labute approximate surface area is 129 Å². The SMILES string of the molecule is COc1cccc(COc2ccc3ccccc3c2C=O)c1. The van der Waals surface area contributed by atoms with Gasteiger partial charge >= 0.3 is 0 Å². The maximum atomic E-state index is 11.5. The molecule has 0 aromatic heterocycles. The van der Waals surface area contributed by atoms with E-state index in [4.69, 9.17) is 9.47 Å². The van der Waals surface area contributed by atoms with Gasteiger partial charge in [-0.2, -0.15) is 0 Å². The van der Waals surface area contributed by atoms with E-state index in [0.29, 0.717) is 17.9 Å². The summed E-state index contributed by atoms with van der Waals surface area (Å²) in [6.07, 6.45) is 0.850. The second-order valence-corrected chi connectivity index (χ2v) is 4.96. The van der Waals surface area contributed by atoms with Gasteiger partial charge in [0.1, 0.15) is 18.1 Å². The molecule has 3 aromatic rings. The Kier molecular flexibility index (Phi) is 4.05. The summed E-state index contributed by atoms with van der Waals surface area (Å²) in [7, 11) is 1.63. The maximum absolute atomic E-state index is 11.5. The minimum absolute atomic E-state index is 0.385. The van der Waals surface area contributed by atoms with E-state index < -0.39 is 0 Å². The van der Waals surface area contributed by atoms with Crippen molar-refractivity contribution in [3.63, 3.8) is 0 Å². The van der Waals surface area contributed by atoms with Crippen LogP contribution >= 0.6 is 0 Å². The third kappa shape index (κ3) is 2.79. The van der Waals surface area contributed by atoms with E-state index in [0.717, 1.165) is 28.4 Å². The Bertz CT molecular complexity index is 809. The maximum Gasteiger partial charge on any atom is 0.154 e. The highest BCUT2D eigenvalue weighted by Gasteiger charge is 2.08. The van der Waals surface area contributed by atoms with Gasteiger partial charge in [0.15, 0.2) is 6.29 Å². The molecule has 0 N–H and O–H groups in total. The van der Waals surface area contributed by atoms with Gasteiger partial charge in [0.05, 0.1) is 12.7 Å². The van der Waals surface area contributed by atoms with Crippen molar-refractivity contribution in [2.75, 3.05) is 7.11 Å². The molecule has 0 unspecified atom stereocenters. The van der Waals surface area contributed by atoms with Crippen LogP contribution in [-0.4, -0.2) is 13.4 Å². The molecule has 0 atom stereocenters. The summed E-state index contributed by atoms with van der Waals surface area (Å²) in [5.74, 6) is 1.38. The molecule has 0 saturated carbocycles. The van der Waals surface area contributed by atoms with Crippen LogP contribution in [0.25, 0.3) is 10.8 Å². The number of aldehydes is 1. The molecule has 0 radical (unpaired) electrons. The minimum Gasteiger partial charge on any atom is -0.497 e. The molecule has 0 aliphatic rings. The van der Waals surface area contributed by atoms with Crippen LogP contribution in [0.5, 0.6) is 11.5 Å². The number of hydrogen-bond acceptors (Lipinski definition) is 3. The molecule has 110 valence electrons. The van der Waals surface area contributed by atoms with Gasteiger partial charge in [-0.1, -0.05) is 42.5 Å². The number of carbonyl (C=O) groups excluding carboxylic acids is 1. The molecule has 3 heteroatoms. The Morgan fingerprint density at radius 2 is 1.86 bits per heavy atom. The van der Waals surface area contributed by atoms with E-state index >= 15 is 0 Å². The monoisotopic (exact) mass is 292 g/mol. The second kappa shape index (κ2) is 6.31. The predicted octanol–water partition coefficient (Wildman–Crippen LogP) is 4.24. The first-order valence-corrected chi connectivity index (χ1v) is 7.04. The van der Waals surface area contributed by atoms with Gasteiger partial charge in [0, 0.05) is 0 Å². The van der Waals surface area contributed by atoms with Crippen LogP contribution in [0.15, 0.2) is 60.7 Å². The van der Waals surface area contributed by atoms with Gasteiger partial charge in [-0.05, 0) is 34.5 Å². The normalized spacial score (nSPS) is 10.4. The van der Waals surface area contributed by atoms with E-state index in [9.17, 15) is 4.79 Å². The quantitative estimate of drug-likeness (QED) is 0.660. The summed E-state index contributed by atoms with van der Waals surface area (Å²) in [6, 6.07) is 19.3. The predicted molar refractivity (Wildman–Crippen MR) is 86.7 cm³/mol. The van der Waals surface area contributed by atoms with Gasteiger partial charge in [0.25, 0.3) is 0 Å². The Balaban J connectivity index is 1.88. The molecule has 0 fully saturated rings. The molecule has 0 saturated heterocycles. The fourth-order valence-corrected chi connectivity index (χ4v) is 2.45. The molecular formula is C19H16O3. The van der Waals surface area contributed by atoms with Crippen LogP contribution in [0.1, 0.15) is 15.9 Å². The lowest BCUT2D eigenvalue weighted by atomic mass is 10.0. The Morgan fingerprint density at radius 1 is 1.00 bits per heavy atom. The van der Waals surface area contributed by atoms with Gasteiger partial charge in [-0.25, -0.2) is 0 Å². The fourth-order valence-electron chi connectivity index (χ4n) is 2.45. The van der Waals surface area contributed by atoms with Crippen molar-refractivity contribution in [3.8, 4) is 11.5 Å². The molecule has 0 bridgehead atoms.